The van der Waals surface area contributed by atoms with Crippen LogP contribution in [0, 0.1) is 6.92 Å². The molecule has 2 rings (SSSR count). The van der Waals surface area contributed by atoms with Gasteiger partial charge in [0.1, 0.15) is 0 Å². The lowest BCUT2D eigenvalue weighted by atomic mass is 10.1. The molecule has 0 unspecified atom stereocenters. The van der Waals surface area contributed by atoms with Crippen LogP contribution < -0.4 is 21.3 Å². The summed E-state index contributed by atoms with van der Waals surface area (Å²) in [6.07, 6.45) is 1.19. The molecule has 0 radical (unpaired) electrons. The average molecular weight is 354 g/mol. The third kappa shape index (κ3) is 4.14. The van der Waals surface area contributed by atoms with E-state index in [4.69, 9.17) is 5.73 Å². The van der Waals surface area contributed by atoms with Crippen molar-refractivity contribution >= 4 is 34.6 Å². The minimum atomic E-state index is -0.172. The first kappa shape index (κ1) is 19.3. The van der Waals surface area contributed by atoms with Gasteiger partial charge in [-0.3, -0.25) is 9.59 Å². The fourth-order valence-corrected chi connectivity index (χ4v) is 2.82. The van der Waals surface area contributed by atoms with Crippen LogP contribution in [0.3, 0.4) is 0 Å². The Morgan fingerprint density at radius 1 is 1.19 bits per heavy atom. The number of anilines is 4. The van der Waals surface area contributed by atoms with Crippen LogP contribution in [0.15, 0.2) is 36.4 Å². The summed E-state index contributed by atoms with van der Waals surface area (Å²) in [7, 11) is 3.54. The number of hydrogen-bond donors (Lipinski definition) is 3. The fourth-order valence-electron chi connectivity index (χ4n) is 2.82. The van der Waals surface area contributed by atoms with Gasteiger partial charge >= 0.3 is 0 Å². The number of para-hydroxylation sites is 2. The molecule has 4 N–H and O–H groups in total. The Morgan fingerprint density at radius 3 is 2.50 bits per heavy atom. The summed E-state index contributed by atoms with van der Waals surface area (Å²) < 4.78 is 0. The lowest BCUT2D eigenvalue weighted by molar-refractivity contribution is -0.116. The number of nitrogens with one attached hydrogen (secondary N) is 2. The summed E-state index contributed by atoms with van der Waals surface area (Å²) in [5.74, 6) is -0.254. The summed E-state index contributed by atoms with van der Waals surface area (Å²) in [5.41, 5.74) is 9.92. The molecule has 0 aliphatic carbocycles. The second kappa shape index (κ2) is 8.38. The van der Waals surface area contributed by atoms with Gasteiger partial charge in [0, 0.05) is 26.1 Å². The Hall–Kier alpha value is -3.02. The molecule has 2 aromatic rings. The third-order valence-corrected chi connectivity index (χ3v) is 4.19. The summed E-state index contributed by atoms with van der Waals surface area (Å²) in [6.45, 7) is 3.77. The highest BCUT2D eigenvalue weighted by Gasteiger charge is 2.18. The first-order valence-electron chi connectivity index (χ1n) is 8.63. The molecule has 2 aromatic carbocycles. The van der Waals surface area contributed by atoms with Gasteiger partial charge in [-0.2, -0.15) is 0 Å². The van der Waals surface area contributed by atoms with Crippen molar-refractivity contribution in [3.63, 3.8) is 0 Å². The lowest BCUT2D eigenvalue weighted by Crippen LogP contribution is -2.27. The molecule has 26 heavy (non-hydrogen) atoms. The zero-order valence-corrected chi connectivity index (χ0v) is 15.7. The van der Waals surface area contributed by atoms with Gasteiger partial charge in [0.15, 0.2) is 0 Å². The van der Waals surface area contributed by atoms with Gasteiger partial charge < -0.3 is 21.3 Å². The molecule has 0 saturated carbocycles. The Kier molecular flexibility index (Phi) is 6.22. The smallest absolute Gasteiger partial charge is 0.258 e. The number of hydrogen-bond acceptors (Lipinski definition) is 4. The normalized spacial score (nSPS) is 10.3. The monoisotopic (exact) mass is 354 g/mol. The molecule has 0 aliphatic rings. The van der Waals surface area contributed by atoms with Gasteiger partial charge in [-0.15, -0.1) is 0 Å². The van der Waals surface area contributed by atoms with Crippen LogP contribution in [0.1, 0.15) is 35.7 Å². The highest BCUT2D eigenvalue weighted by atomic mass is 16.2. The summed E-state index contributed by atoms with van der Waals surface area (Å²) in [6, 6.07) is 10.9. The third-order valence-electron chi connectivity index (χ3n) is 4.19. The van der Waals surface area contributed by atoms with Crippen molar-refractivity contribution in [2.75, 3.05) is 35.4 Å². The number of carbonyl (C=O) groups excluding carboxylic acids is 2. The maximum Gasteiger partial charge on any atom is 0.258 e. The van der Waals surface area contributed by atoms with Crippen LogP contribution in [0.2, 0.25) is 0 Å². The van der Waals surface area contributed by atoms with Crippen LogP contribution in [0.5, 0.6) is 0 Å². The molecule has 6 heteroatoms. The van der Waals surface area contributed by atoms with Crippen molar-refractivity contribution in [2.45, 2.75) is 26.7 Å². The Morgan fingerprint density at radius 2 is 1.88 bits per heavy atom. The predicted molar refractivity (Wildman–Crippen MR) is 108 cm³/mol. The van der Waals surface area contributed by atoms with Gasteiger partial charge in [-0.1, -0.05) is 19.1 Å². The standard InChI is InChI=1S/C20H26N4O2/c1-5-8-18(25)23-19-13(2)11-14(12-15(19)21)20(26)24(4)17-10-7-6-9-16(17)22-3/h6-7,9-12,22H,5,8,21H2,1-4H3,(H,23,25). The number of nitrogens with two attached hydrogens (primary N) is 1. The number of aryl methyl sites for hydroxylation is 1. The summed E-state index contributed by atoms with van der Waals surface area (Å²) in [4.78, 5) is 26.3. The Balaban J connectivity index is 2.31. The molecule has 0 bridgehead atoms. The van der Waals surface area contributed by atoms with Crippen LogP contribution in [0.4, 0.5) is 22.7 Å². The van der Waals surface area contributed by atoms with Crippen molar-refractivity contribution in [1.82, 2.24) is 0 Å². The number of nitrogen functional groups attached to an aromatic ring is 1. The van der Waals surface area contributed by atoms with Crippen LogP contribution >= 0.6 is 0 Å². The Bertz CT molecular complexity index is 794. The largest absolute Gasteiger partial charge is 0.397 e. The van der Waals surface area contributed by atoms with Crippen LogP contribution in [-0.2, 0) is 4.79 Å². The van der Waals surface area contributed by atoms with Crippen LogP contribution in [-0.4, -0.2) is 25.9 Å². The predicted octanol–water partition coefficient (Wildman–Crippen LogP) is 3.63. The fraction of sp³-hybridized carbons (Fsp3) is 0.300. The van der Waals surface area contributed by atoms with Gasteiger partial charge in [0.25, 0.3) is 5.91 Å². The van der Waals surface area contributed by atoms with E-state index in [2.05, 4.69) is 10.6 Å². The number of carbonyl (C=O) groups is 2. The van der Waals surface area contributed by atoms with E-state index < -0.39 is 0 Å². The minimum Gasteiger partial charge on any atom is -0.397 e. The van der Waals surface area contributed by atoms with Crippen molar-refractivity contribution < 1.29 is 9.59 Å². The second-order valence-electron chi connectivity index (χ2n) is 6.19. The van der Waals surface area contributed by atoms with Crippen LogP contribution in [0.25, 0.3) is 0 Å². The highest BCUT2D eigenvalue weighted by molar-refractivity contribution is 6.09. The number of rotatable bonds is 6. The first-order chi connectivity index (χ1) is 12.4. The molecular weight excluding hydrogens is 328 g/mol. The topological polar surface area (TPSA) is 87.5 Å². The number of nitrogens with zero attached hydrogens (tertiary/aromatic N) is 1. The Labute approximate surface area is 154 Å². The minimum absolute atomic E-state index is 0.0820. The quantitative estimate of drug-likeness (QED) is 0.691. The average Bonchev–Trinajstić information content (AvgIpc) is 2.63. The molecule has 138 valence electrons. The molecule has 2 amide bonds. The van der Waals surface area contributed by atoms with E-state index in [1.807, 2.05) is 45.2 Å². The summed E-state index contributed by atoms with van der Waals surface area (Å²) in [5, 5.41) is 5.91. The molecule has 0 atom stereocenters. The molecule has 0 aliphatic heterocycles. The molecule has 0 fully saturated rings. The first-order valence-corrected chi connectivity index (χ1v) is 8.63. The van der Waals surface area contributed by atoms with Gasteiger partial charge in [0.2, 0.25) is 5.91 Å². The highest BCUT2D eigenvalue weighted by Crippen LogP contribution is 2.29. The van der Waals surface area contributed by atoms with Gasteiger partial charge in [-0.05, 0) is 43.2 Å². The molecule has 6 nitrogen and oxygen atoms in total. The molecule has 0 heterocycles. The second-order valence-corrected chi connectivity index (χ2v) is 6.19. The molecular formula is C20H26N4O2. The SMILES string of the molecule is CCCC(=O)Nc1c(C)cc(C(=O)N(C)c2ccccc2NC)cc1N. The zero-order valence-electron chi connectivity index (χ0n) is 15.7. The van der Waals surface area contributed by atoms with Crippen molar-refractivity contribution in [3.05, 3.63) is 47.5 Å². The van der Waals surface area contributed by atoms with Crippen molar-refractivity contribution in [3.8, 4) is 0 Å². The summed E-state index contributed by atoms with van der Waals surface area (Å²) >= 11 is 0. The lowest BCUT2D eigenvalue weighted by Gasteiger charge is -2.21. The van der Waals surface area contributed by atoms with Crippen molar-refractivity contribution in [2.24, 2.45) is 0 Å². The van der Waals surface area contributed by atoms with E-state index in [0.29, 0.717) is 23.4 Å². The van der Waals surface area contributed by atoms with E-state index in [-0.39, 0.29) is 11.8 Å². The molecule has 0 aromatic heterocycles. The van der Waals surface area contributed by atoms with Gasteiger partial charge in [-0.25, -0.2) is 0 Å². The number of benzene rings is 2. The zero-order chi connectivity index (χ0) is 19.3. The van der Waals surface area contributed by atoms with E-state index >= 15 is 0 Å². The maximum atomic E-state index is 12.9. The van der Waals surface area contributed by atoms with E-state index in [1.54, 1.807) is 24.1 Å². The maximum absolute atomic E-state index is 12.9. The van der Waals surface area contributed by atoms with Crippen molar-refractivity contribution in [1.29, 1.82) is 0 Å². The number of amides is 2. The molecule has 0 spiro atoms. The van der Waals surface area contributed by atoms with E-state index in [9.17, 15) is 9.59 Å². The van der Waals surface area contributed by atoms with Gasteiger partial charge in [0.05, 0.1) is 22.7 Å². The van der Waals surface area contributed by atoms with E-state index in [1.165, 1.54) is 0 Å². The molecule has 0 saturated heterocycles. The van der Waals surface area contributed by atoms with E-state index in [0.717, 1.165) is 23.4 Å².